The van der Waals surface area contributed by atoms with E-state index in [-0.39, 0.29) is 93.6 Å². The smallest absolute Gasteiger partial charge is 0.157 e. The molecule has 0 aromatic rings. The number of likely N-dealkylation sites (tertiary alicyclic amines) is 1. The monoisotopic (exact) mass is 1420 g/mol. The van der Waals surface area contributed by atoms with Gasteiger partial charge in [0.1, 0.15) is 0 Å². The zero-order chi connectivity index (χ0) is 77.7. The summed E-state index contributed by atoms with van der Waals surface area (Å²) in [6, 6.07) is 3.78. The van der Waals surface area contributed by atoms with E-state index in [4.69, 9.17) is 0 Å². The van der Waals surface area contributed by atoms with Gasteiger partial charge in [0.25, 0.3) is 0 Å². The highest BCUT2D eigenvalue weighted by Gasteiger charge is 2.27. The van der Waals surface area contributed by atoms with E-state index in [2.05, 4.69) is 76.6 Å². The number of rotatable bonds is 38. The number of carbonyl (C=O) groups is 8. The van der Waals surface area contributed by atoms with Crippen LogP contribution < -0.4 is 5.32 Å². The lowest BCUT2D eigenvalue weighted by molar-refractivity contribution is -0.118. The lowest BCUT2D eigenvalue weighted by Crippen LogP contribution is -2.37. The average Bonchev–Trinajstić information content (AvgIpc) is 1.63. The topological polar surface area (TPSA) is 168 Å². The summed E-state index contributed by atoms with van der Waals surface area (Å²) in [6.07, 6.45) is 49.2. The molecule has 1 saturated heterocycles. The molecule has 15 nitrogen and oxygen atoms in total. The van der Waals surface area contributed by atoms with Crippen LogP contribution in [0.2, 0.25) is 0 Å². The van der Waals surface area contributed by atoms with Gasteiger partial charge in [-0.3, -0.25) is 62.9 Å². The SMILES string of the molecule is C/C=C/C(=O)C(C)C.CC(C)C(=O)/C=C/CN(C)C1CC1.CC(C)C(=O)/C=C/CN(C)C1CCC1.CC(C)C(=O)/C=C/CN(C)C1CCCCC1.CC(C)C(=O)/C=C/CN1CCC1.CC(C)C(=O)/C=C/CNC1CC1.CCN(C/C=C/C(=O)C(C)C)C1CC1.CCN(CC)C/C=C/C(=O)C(C)C. The third kappa shape index (κ3) is 54.6. The summed E-state index contributed by atoms with van der Waals surface area (Å²) in [5.41, 5.74) is 0. The first kappa shape index (κ1) is 99.1. The molecule has 0 atom stereocenters. The van der Waals surface area contributed by atoms with E-state index in [0.29, 0.717) is 0 Å². The quantitative estimate of drug-likeness (QED) is 0.0579. The molecule has 5 aliphatic carbocycles. The van der Waals surface area contributed by atoms with Gasteiger partial charge < -0.3 is 10.2 Å². The Hall–Kier alpha value is -5.00. The molecule has 0 aromatic carbocycles. The van der Waals surface area contributed by atoms with Crippen molar-refractivity contribution in [3.8, 4) is 0 Å². The van der Waals surface area contributed by atoms with Crippen LogP contribution in [0.25, 0.3) is 0 Å². The van der Waals surface area contributed by atoms with Gasteiger partial charge in [0.2, 0.25) is 0 Å². The highest BCUT2D eigenvalue weighted by molar-refractivity contribution is 5.94. The van der Waals surface area contributed by atoms with Gasteiger partial charge in [-0.15, -0.1) is 0 Å². The van der Waals surface area contributed by atoms with Crippen LogP contribution in [0.1, 0.15) is 235 Å². The first-order chi connectivity index (χ1) is 48.2. The number of nitrogens with one attached hydrogen (secondary N) is 1. The lowest BCUT2D eigenvalue weighted by atomic mass is 9.92. The van der Waals surface area contributed by atoms with Crippen molar-refractivity contribution in [1.29, 1.82) is 0 Å². The van der Waals surface area contributed by atoms with Gasteiger partial charge in [0.15, 0.2) is 46.3 Å². The van der Waals surface area contributed by atoms with Crippen LogP contribution in [-0.4, -0.2) is 206 Å². The fourth-order valence-corrected chi connectivity index (χ4v) is 9.68. The van der Waals surface area contributed by atoms with Crippen molar-refractivity contribution in [2.24, 2.45) is 47.3 Å². The number of likely N-dealkylation sites (N-methyl/N-ethyl adjacent to an activating group) is 5. The Labute approximate surface area is 625 Å². The molecule has 6 rings (SSSR count). The van der Waals surface area contributed by atoms with Crippen molar-refractivity contribution >= 4 is 46.3 Å². The summed E-state index contributed by atoms with van der Waals surface area (Å²) in [5.74, 6) is 2.81. The number of ketones is 8. The molecule has 6 fully saturated rings. The standard InChI is InChI=1S/C14H25NO.2C12H21NO.C11H19NO.C11H21NO.2C10H17NO.C7H12O/c1-12(2)14(16)10-7-11-15(3)13-8-5-4-6-9-13;1-10(2)12(14)8-5-9-13(3)11-6-4-7-11;1-4-13(11-7-8-11)9-5-6-12(14)10(2)3;1-9(2)11(13)5-4-8-12(3)10-6-7-10;1-5-12(6-2)9-7-8-11(13)10(3)4;1-9(2)10(12)5-3-6-11-7-4-8-11;1-8(2)10(12)4-3-7-11-9-5-6-9;1-4-5-7(8)6(2)3/h7,10,12-13H,4-6,8-9,11H2,1-3H3;5,8,10-11H,4,6-7,9H2,1-3H3;5-6,10-11H,4,7-9H2,1-3H3;4-5,9-10H,6-8H2,1-3H3;7-8,10H,5-6,9H2,1-4H3;3,5,9H,4,6-8H2,1-2H3;3-4,8-9,11H,5-7H2,1-2H3;4-6H,1-3H3/b10-7+;8-5+;6-5+;5-4+;8-7+;5-3+;4-3+;5-4+. The van der Waals surface area contributed by atoms with Crippen molar-refractivity contribution in [3.05, 3.63) is 97.2 Å². The van der Waals surface area contributed by atoms with Crippen molar-refractivity contribution in [2.45, 2.75) is 265 Å². The summed E-state index contributed by atoms with van der Waals surface area (Å²) < 4.78 is 0. The Morgan fingerprint density at radius 2 is 0.647 bits per heavy atom. The molecule has 0 amide bonds. The molecule has 102 heavy (non-hydrogen) atoms. The largest absolute Gasteiger partial charge is 0.311 e. The molecular formula is C87H153N7O8. The Bertz CT molecular complexity index is 2510. The Kier molecular flexibility index (Phi) is 58.4. The first-order valence-corrected chi connectivity index (χ1v) is 39.8. The molecule has 1 aliphatic heterocycles. The first-order valence-electron chi connectivity index (χ1n) is 39.8. The maximum Gasteiger partial charge on any atom is 0.157 e. The number of allylic oxidation sites excluding steroid dienone is 9. The molecule has 1 N–H and O–H groups in total. The molecule has 0 unspecified atom stereocenters. The van der Waals surface area contributed by atoms with Crippen LogP contribution in [0.4, 0.5) is 0 Å². The number of hydrogen-bond acceptors (Lipinski definition) is 15. The predicted molar refractivity (Wildman–Crippen MR) is 433 cm³/mol. The van der Waals surface area contributed by atoms with E-state index in [1.807, 2.05) is 160 Å². The average molecular weight is 1430 g/mol. The maximum absolute atomic E-state index is 11.4. The van der Waals surface area contributed by atoms with Crippen LogP contribution in [0, 0.1) is 47.3 Å². The molecule has 584 valence electrons. The molecule has 0 spiro atoms. The summed E-state index contributed by atoms with van der Waals surface area (Å²) in [4.78, 5) is 103. The van der Waals surface area contributed by atoms with Crippen molar-refractivity contribution < 1.29 is 38.4 Å². The highest BCUT2D eigenvalue weighted by atomic mass is 16.2. The highest BCUT2D eigenvalue weighted by Crippen LogP contribution is 2.27. The van der Waals surface area contributed by atoms with Gasteiger partial charge in [-0.05, 0) is 180 Å². The molecule has 6 aliphatic rings. The van der Waals surface area contributed by atoms with Crippen LogP contribution in [0.15, 0.2) is 97.2 Å². The second-order valence-corrected chi connectivity index (χ2v) is 30.8. The fourth-order valence-electron chi connectivity index (χ4n) is 9.68. The molecule has 1 heterocycles. The van der Waals surface area contributed by atoms with Gasteiger partial charge >= 0.3 is 0 Å². The van der Waals surface area contributed by atoms with Gasteiger partial charge in [0, 0.05) is 123 Å². The third-order valence-electron chi connectivity index (χ3n) is 18.6. The van der Waals surface area contributed by atoms with Crippen molar-refractivity contribution in [3.63, 3.8) is 0 Å². The summed E-state index contributed by atoms with van der Waals surface area (Å²) in [6.45, 7) is 50.9. The van der Waals surface area contributed by atoms with E-state index in [1.54, 1.807) is 54.7 Å². The van der Waals surface area contributed by atoms with Crippen LogP contribution >= 0.6 is 0 Å². The lowest BCUT2D eigenvalue weighted by Gasteiger charge is -2.33. The summed E-state index contributed by atoms with van der Waals surface area (Å²) in [7, 11) is 6.41. The Morgan fingerprint density at radius 1 is 0.343 bits per heavy atom. The second-order valence-electron chi connectivity index (χ2n) is 30.8. The molecule has 0 radical (unpaired) electrons. The maximum atomic E-state index is 11.4. The third-order valence-corrected chi connectivity index (χ3v) is 18.6. The number of carbonyl (C=O) groups excluding carboxylic acids is 8. The minimum Gasteiger partial charge on any atom is -0.311 e. The molecule has 0 aromatic heterocycles. The minimum absolute atomic E-state index is 0.118. The number of hydrogen-bond donors (Lipinski definition) is 1. The van der Waals surface area contributed by atoms with Crippen molar-refractivity contribution in [1.82, 2.24) is 34.7 Å². The van der Waals surface area contributed by atoms with Crippen LogP contribution in [0.5, 0.6) is 0 Å². The van der Waals surface area contributed by atoms with E-state index in [9.17, 15) is 38.4 Å². The van der Waals surface area contributed by atoms with E-state index >= 15 is 0 Å². The van der Waals surface area contributed by atoms with E-state index < -0.39 is 0 Å². The molecule has 0 bridgehead atoms. The van der Waals surface area contributed by atoms with E-state index in [1.165, 1.54) is 109 Å². The predicted octanol–water partition coefficient (Wildman–Crippen LogP) is 16.3. The van der Waals surface area contributed by atoms with Gasteiger partial charge in [-0.1, -0.05) is 206 Å². The van der Waals surface area contributed by atoms with Gasteiger partial charge in [-0.2, -0.15) is 0 Å². The summed E-state index contributed by atoms with van der Waals surface area (Å²) >= 11 is 0. The molecule has 5 saturated carbocycles. The zero-order valence-corrected chi connectivity index (χ0v) is 69.3. The second kappa shape index (κ2) is 60.2. The normalized spacial score (nSPS) is 16.7. The van der Waals surface area contributed by atoms with E-state index in [0.717, 1.165) is 95.7 Å². The Morgan fingerprint density at radius 3 is 0.912 bits per heavy atom. The molecular weight excluding hydrogens is 1270 g/mol. The molecule has 15 heteroatoms. The van der Waals surface area contributed by atoms with Gasteiger partial charge in [0.05, 0.1) is 0 Å². The minimum atomic E-state index is 0.118. The van der Waals surface area contributed by atoms with Gasteiger partial charge in [-0.25, -0.2) is 0 Å². The van der Waals surface area contributed by atoms with Crippen LogP contribution in [0.3, 0.4) is 0 Å². The Balaban J connectivity index is 0. The number of nitrogens with zero attached hydrogens (tertiary/aromatic N) is 6. The fraction of sp³-hybridized carbons (Fsp3) is 0.724. The van der Waals surface area contributed by atoms with Crippen LogP contribution in [-0.2, 0) is 38.4 Å². The zero-order valence-electron chi connectivity index (χ0n) is 69.3. The van der Waals surface area contributed by atoms with Crippen molar-refractivity contribution in [2.75, 3.05) is 99.7 Å². The summed E-state index contributed by atoms with van der Waals surface area (Å²) in [5, 5.41) is 3.31.